The number of hydrogen-bond donors (Lipinski definition) is 0. The van der Waals surface area contributed by atoms with Gasteiger partial charge in [0.2, 0.25) is 5.69 Å². The van der Waals surface area contributed by atoms with Crippen LogP contribution in [0.4, 0.5) is 4.39 Å². The average molecular weight is 306 g/mol. The lowest BCUT2D eigenvalue weighted by molar-refractivity contribution is -0.660. The van der Waals surface area contributed by atoms with Gasteiger partial charge in [0, 0.05) is 24.1 Å². The van der Waals surface area contributed by atoms with Crippen LogP contribution < -0.4 is 4.57 Å². The van der Waals surface area contributed by atoms with E-state index in [0.29, 0.717) is 6.42 Å². The van der Waals surface area contributed by atoms with E-state index in [9.17, 15) is 4.39 Å². The summed E-state index contributed by atoms with van der Waals surface area (Å²) in [7, 11) is 2.06. The van der Waals surface area contributed by atoms with E-state index >= 15 is 0 Å². The molecule has 0 saturated carbocycles. The lowest BCUT2D eigenvalue weighted by Gasteiger charge is -2.09. The van der Waals surface area contributed by atoms with Gasteiger partial charge in [-0.25, -0.2) is 4.57 Å². The van der Waals surface area contributed by atoms with Crippen LogP contribution in [0.3, 0.4) is 0 Å². The zero-order chi connectivity index (χ0) is 16.2. The lowest BCUT2D eigenvalue weighted by atomic mass is 9.96. The minimum absolute atomic E-state index is 0.307. The molecule has 0 bridgehead atoms. The summed E-state index contributed by atoms with van der Waals surface area (Å²) in [5.74, 6) is 0. The van der Waals surface area contributed by atoms with Gasteiger partial charge in [0.25, 0.3) is 0 Å². The van der Waals surface area contributed by atoms with Crippen molar-refractivity contribution >= 4 is 0 Å². The maximum absolute atomic E-state index is 12.4. The number of pyridine rings is 1. The van der Waals surface area contributed by atoms with E-state index < -0.39 is 0 Å². The molecule has 0 aliphatic heterocycles. The molecule has 0 atom stereocenters. The summed E-state index contributed by atoms with van der Waals surface area (Å²) in [6.45, 7) is 1.83. The molecule has 0 N–H and O–H groups in total. The molecule has 3 aromatic rings. The van der Waals surface area contributed by atoms with Crippen molar-refractivity contribution in [1.82, 2.24) is 0 Å². The first kappa shape index (κ1) is 15.4. The van der Waals surface area contributed by atoms with Crippen molar-refractivity contribution in [2.24, 2.45) is 7.05 Å². The first-order valence-electron chi connectivity index (χ1n) is 7.90. The molecule has 2 heteroatoms. The van der Waals surface area contributed by atoms with E-state index in [4.69, 9.17) is 0 Å². The van der Waals surface area contributed by atoms with Crippen LogP contribution in [0.5, 0.6) is 0 Å². The maximum atomic E-state index is 12.4. The van der Waals surface area contributed by atoms with E-state index in [1.54, 1.807) is 0 Å². The van der Waals surface area contributed by atoms with Crippen molar-refractivity contribution in [3.05, 3.63) is 78.0 Å². The summed E-state index contributed by atoms with van der Waals surface area (Å²) in [6, 6.07) is 20.9. The molecule has 1 nitrogen and oxygen atoms in total. The molecule has 0 fully saturated rings. The number of rotatable bonds is 4. The quantitative estimate of drug-likeness (QED) is 0.617. The molecule has 116 valence electrons. The molecule has 0 aliphatic rings. The van der Waals surface area contributed by atoms with Gasteiger partial charge < -0.3 is 0 Å². The van der Waals surface area contributed by atoms with E-state index in [2.05, 4.69) is 67.2 Å². The minimum atomic E-state index is -0.307. The third-order valence-corrected chi connectivity index (χ3v) is 4.24. The van der Waals surface area contributed by atoms with E-state index in [1.807, 2.05) is 18.2 Å². The predicted molar refractivity (Wildman–Crippen MR) is 92.9 cm³/mol. The highest BCUT2D eigenvalue weighted by atomic mass is 19.1. The molecule has 0 radical (unpaired) electrons. The van der Waals surface area contributed by atoms with Gasteiger partial charge in [-0.2, -0.15) is 0 Å². The second-order valence-electron chi connectivity index (χ2n) is 5.86. The predicted octanol–water partition coefficient (Wildman–Crippen LogP) is 4.67. The fourth-order valence-corrected chi connectivity index (χ4v) is 2.85. The van der Waals surface area contributed by atoms with Crippen molar-refractivity contribution in [3.63, 3.8) is 0 Å². The van der Waals surface area contributed by atoms with Gasteiger partial charge in [-0.1, -0.05) is 36.4 Å². The van der Waals surface area contributed by atoms with Crippen LogP contribution in [-0.4, -0.2) is 6.67 Å². The van der Waals surface area contributed by atoms with Gasteiger partial charge in [0.1, 0.15) is 7.05 Å². The van der Waals surface area contributed by atoms with Crippen molar-refractivity contribution in [3.8, 4) is 22.4 Å². The van der Waals surface area contributed by atoms with Crippen LogP contribution in [0.15, 0.2) is 66.9 Å². The number of aryl methyl sites for hydroxylation is 3. The highest BCUT2D eigenvalue weighted by Crippen LogP contribution is 2.28. The Bertz CT molecular complexity index is 806. The van der Waals surface area contributed by atoms with Crippen LogP contribution in [0.1, 0.15) is 11.1 Å². The number of halogens is 1. The summed E-state index contributed by atoms with van der Waals surface area (Å²) in [5, 5.41) is 0. The van der Waals surface area contributed by atoms with Crippen molar-refractivity contribution < 1.29 is 8.96 Å². The van der Waals surface area contributed by atoms with Gasteiger partial charge in [-0.3, -0.25) is 4.39 Å². The SMILES string of the molecule is Cc1ccc(-c2ccc(CCF)cc2)cc1-c1cccc[n+]1C. The summed E-state index contributed by atoms with van der Waals surface area (Å²) < 4.78 is 14.6. The fraction of sp³-hybridized carbons (Fsp3) is 0.190. The number of hydrogen-bond acceptors (Lipinski definition) is 0. The van der Waals surface area contributed by atoms with Gasteiger partial charge in [-0.15, -0.1) is 0 Å². The molecule has 0 unspecified atom stereocenters. The van der Waals surface area contributed by atoms with Crippen molar-refractivity contribution in [2.45, 2.75) is 13.3 Å². The molecule has 0 aliphatic carbocycles. The van der Waals surface area contributed by atoms with E-state index in [1.165, 1.54) is 22.4 Å². The highest BCUT2D eigenvalue weighted by Gasteiger charge is 2.12. The number of aromatic nitrogens is 1. The zero-order valence-electron chi connectivity index (χ0n) is 13.6. The molecule has 2 aromatic carbocycles. The summed E-state index contributed by atoms with van der Waals surface area (Å²) in [6.07, 6.45) is 2.55. The molecule has 0 spiro atoms. The summed E-state index contributed by atoms with van der Waals surface area (Å²) in [5.41, 5.74) is 7.07. The summed E-state index contributed by atoms with van der Waals surface area (Å²) in [4.78, 5) is 0. The van der Waals surface area contributed by atoms with Gasteiger partial charge in [-0.05, 0) is 41.3 Å². The number of benzene rings is 2. The Kier molecular flexibility index (Phi) is 4.52. The highest BCUT2D eigenvalue weighted by molar-refractivity contribution is 5.72. The Hall–Kier alpha value is -2.48. The number of alkyl halides is 1. The molecule has 3 rings (SSSR count). The van der Waals surface area contributed by atoms with Crippen LogP contribution in [0.25, 0.3) is 22.4 Å². The molecule has 0 amide bonds. The van der Waals surface area contributed by atoms with Crippen LogP contribution in [0, 0.1) is 6.92 Å². The van der Waals surface area contributed by atoms with Gasteiger partial charge >= 0.3 is 0 Å². The Labute approximate surface area is 137 Å². The van der Waals surface area contributed by atoms with Crippen LogP contribution in [0.2, 0.25) is 0 Å². The third kappa shape index (κ3) is 3.31. The smallest absolute Gasteiger partial charge is 0.212 e. The normalized spacial score (nSPS) is 10.7. The third-order valence-electron chi connectivity index (χ3n) is 4.24. The minimum Gasteiger partial charge on any atom is -0.251 e. The first-order chi connectivity index (χ1) is 11.2. The monoisotopic (exact) mass is 306 g/mol. The molecule has 1 heterocycles. The molecular weight excluding hydrogens is 285 g/mol. The maximum Gasteiger partial charge on any atom is 0.212 e. The van der Waals surface area contributed by atoms with Crippen molar-refractivity contribution in [1.29, 1.82) is 0 Å². The molecular formula is C21H21FN+. The van der Waals surface area contributed by atoms with Gasteiger partial charge in [0.15, 0.2) is 6.20 Å². The molecule has 23 heavy (non-hydrogen) atoms. The second kappa shape index (κ2) is 6.74. The van der Waals surface area contributed by atoms with E-state index in [-0.39, 0.29) is 6.67 Å². The Morgan fingerprint density at radius 1 is 0.913 bits per heavy atom. The average Bonchev–Trinajstić information content (AvgIpc) is 2.57. The van der Waals surface area contributed by atoms with Gasteiger partial charge in [0.05, 0.1) is 6.67 Å². The zero-order valence-corrected chi connectivity index (χ0v) is 13.6. The second-order valence-corrected chi connectivity index (χ2v) is 5.86. The lowest BCUT2D eigenvalue weighted by Crippen LogP contribution is -2.30. The van der Waals surface area contributed by atoms with Crippen molar-refractivity contribution in [2.75, 3.05) is 6.67 Å². The Morgan fingerprint density at radius 3 is 2.35 bits per heavy atom. The van der Waals surface area contributed by atoms with Crippen LogP contribution >= 0.6 is 0 Å². The van der Waals surface area contributed by atoms with Crippen LogP contribution in [-0.2, 0) is 13.5 Å². The number of nitrogens with zero attached hydrogens (tertiary/aromatic N) is 1. The fourth-order valence-electron chi connectivity index (χ4n) is 2.85. The molecule has 0 saturated heterocycles. The standard InChI is InChI=1S/C21H21FN/c1-16-6-9-19(18-10-7-17(8-11-18)12-13-22)15-20(16)21-5-3-4-14-23(21)2/h3-11,14-15H,12-13H2,1-2H3/q+1. The molecule has 1 aromatic heterocycles. The summed E-state index contributed by atoms with van der Waals surface area (Å²) >= 11 is 0. The first-order valence-corrected chi connectivity index (χ1v) is 7.90. The Balaban J connectivity index is 2.02. The Morgan fingerprint density at radius 2 is 1.65 bits per heavy atom. The largest absolute Gasteiger partial charge is 0.251 e. The van der Waals surface area contributed by atoms with E-state index in [0.717, 1.165) is 11.1 Å². The topological polar surface area (TPSA) is 3.88 Å².